The highest BCUT2D eigenvalue weighted by molar-refractivity contribution is 6.31. The van der Waals surface area contributed by atoms with Crippen LogP contribution < -0.4 is 0 Å². The number of nitrogens with zero attached hydrogens (tertiary/aromatic N) is 2. The van der Waals surface area contributed by atoms with E-state index < -0.39 is 24.5 Å². The van der Waals surface area contributed by atoms with Crippen LogP contribution in [0.1, 0.15) is 23.2 Å². The molecule has 0 radical (unpaired) electrons. The van der Waals surface area contributed by atoms with E-state index in [0.29, 0.717) is 0 Å². The van der Waals surface area contributed by atoms with Gasteiger partial charge in [0.2, 0.25) is 0 Å². The van der Waals surface area contributed by atoms with Crippen LogP contribution in [0.4, 0.5) is 8.78 Å². The fourth-order valence-electron chi connectivity index (χ4n) is 1.18. The topological polar surface area (TPSA) is 74.0 Å². The van der Waals surface area contributed by atoms with Gasteiger partial charge in [-0.15, -0.1) is 0 Å². The second-order valence-corrected chi connectivity index (χ2v) is 3.24. The largest absolute Gasteiger partial charge is 0.481 e. The van der Waals surface area contributed by atoms with Crippen LogP contribution in [-0.2, 0) is 11.2 Å². The number of carboxylic acid groups (broad SMARTS) is 1. The van der Waals surface area contributed by atoms with Crippen molar-refractivity contribution >= 4 is 17.6 Å². The lowest BCUT2D eigenvalue weighted by atomic mass is 10.0. The van der Waals surface area contributed by atoms with Gasteiger partial charge in [-0.1, -0.05) is 11.6 Å². The Hall–Kier alpha value is -1.74. The number of rotatable bonds is 3. The van der Waals surface area contributed by atoms with E-state index in [2.05, 4.69) is 4.98 Å². The zero-order valence-corrected chi connectivity index (χ0v) is 8.50. The molecule has 1 aromatic heterocycles. The van der Waals surface area contributed by atoms with E-state index >= 15 is 0 Å². The van der Waals surface area contributed by atoms with Gasteiger partial charge in [-0.05, 0) is 0 Å². The molecule has 0 amide bonds. The molecule has 1 heterocycles. The summed E-state index contributed by atoms with van der Waals surface area (Å²) in [5.41, 5.74) is -1.32. The Morgan fingerprint density at radius 2 is 2.31 bits per heavy atom. The maximum absolute atomic E-state index is 12.5. The van der Waals surface area contributed by atoms with Crippen LogP contribution >= 0.6 is 11.6 Å². The lowest BCUT2D eigenvalue weighted by Gasteiger charge is -2.08. The number of carboxylic acids is 1. The SMILES string of the molecule is N#Cc1c(Cl)cnc(C(F)F)c1CC(=O)O. The normalized spacial score (nSPS) is 10.2. The summed E-state index contributed by atoms with van der Waals surface area (Å²) in [5.74, 6) is -1.33. The molecule has 0 atom stereocenters. The molecule has 0 aliphatic heterocycles. The zero-order chi connectivity index (χ0) is 12.3. The van der Waals surface area contributed by atoms with Crippen molar-refractivity contribution in [3.63, 3.8) is 0 Å². The van der Waals surface area contributed by atoms with Crippen LogP contribution in [0.5, 0.6) is 0 Å². The van der Waals surface area contributed by atoms with Crippen molar-refractivity contribution in [1.82, 2.24) is 4.98 Å². The lowest BCUT2D eigenvalue weighted by Crippen LogP contribution is -2.08. The molecule has 0 saturated carbocycles. The number of aromatic nitrogens is 1. The van der Waals surface area contributed by atoms with Crippen LogP contribution in [0, 0.1) is 11.3 Å². The highest BCUT2D eigenvalue weighted by atomic mass is 35.5. The zero-order valence-electron chi connectivity index (χ0n) is 7.75. The van der Waals surface area contributed by atoms with Crippen LogP contribution in [0.3, 0.4) is 0 Å². The number of halogens is 3. The molecule has 0 unspecified atom stereocenters. The summed E-state index contributed by atoms with van der Waals surface area (Å²) < 4.78 is 25.0. The third-order valence-electron chi connectivity index (χ3n) is 1.81. The minimum absolute atomic E-state index is 0.136. The molecule has 1 rings (SSSR count). The third-order valence-corrected chi connectivity index (χ3v) is 2.10. The first-order valence-corrected chi connectivity index (χ1v) is 4.42. The Morgan fingerprint density at radius 1 is 1.69 bits per heavy atom. The summed E-state index contributed by atoms with van der Waals surface area (Å²) in [6.45, 7) is 0. The maximum Gasteiger partial charge on any atom is 0.307 e. The van der Waals surface area contributed by atoms with Gasteiger partial charge in [0.05, 0.1) is 17.0 Å². The molecular weight excluding hydrogens is 242 g/mol. The molecule has 0 aliphatic carbocycles. The highest BCUT2D eigenvalue weighted by Gasteiger charge is 2.22. The molecule has 0 bridgehead atoms. The van der Waals surface area contributed by atoms with Crippen LogP contribution in [-0.4, -0.2) is 16.1 Å². The van der Waals surface area contributed by atoms with E-state index in [1.807, 2.05) is 0 Å². The Morgan fingerprint density at radius 3 is 2.75 bits per heavy atom. The van der Waals surface area contributed by atoms with E-state index in [9.17, 15) is 13.6 Å². The van der Waals surface area contributed by atoms with E-state index in [4.69, 9.17) is 22.0 Å². The van der Waals surface area contributed by atoms with Crippen molar-refractivity contribution in [2.75, 3.05) is 0 Å². The fraction of sp³-hybridized carbons (Fsp3) is 0.222. The third kappa shape index (κ3) is 2.44. The predicted octanol–water partition coefficient (Wildman–Crippen LogP) is 2.17. The van der Waals surface area contributed by atoms with E-state index in [1.165, 1.54) is 0 Å². The smallest absolute Gasteiger partial charge is 0.307 e. The minimum atomic E-state index is -2.95. The van der Waals surface area contributed by atoms with Gasteiger partial charge in [-0.25, -0.2) is 8.78 Å². The van der Waals surface area contributed by atoms with E-state index in [-0.39, 0.29) is 16.1 Å². The van der Waals surface area contributed by atoms with Gasteiger partial charge in [0.25, 0.3) is 6.43 Å². The van der Waals surface area contributed by atoms with Crippen molar-refractivity contribution in [1.29, 1.82) is 5.26 Å². The predicted molar refractivity (Wildman–Crippen MR) is 50.3 cm³/mol. The van der Waals surface area contributed by atoms with Gasteiger partial charge in [-0.3, -0.25) is 9.78 Å². The van der Waals surface area contributed by atoms with Crippen molar-refractivity contribution in [2.45, 2.75) is 12.8 Å². The first kappa shape index (κ1) is 12.3. The molecule has 0 aromatic carbocycles. The Bertz CT molecular complexity index is 471. The molecule has 84 valence electrons. The molecule has 16 heavy (non-hydrogen) atoms. The Balaban J connectivity index is 3.42. The molecule has 4 nitrogen and oxygen atoms in total. The number of aliphatic carboxylic acids is 1. The summed E-state index contributed by atoms with van der Waals surface area (Å²) in [6.07, 6.45) is -2.75. The van der Waals surface area contributed by atoms with Gasteiger partial charge in [0.15, 0.2) is 0 Å². The van der Waals surface area contributed by atoms with E-state index in [0.717, 1.165) is 6.20 Å². The van der Waals surface area contributed by atoms with Crippen molar-refractivity contribution in [3.8, 4) is 6.07 Å². The number of hydrogen-bond donors (Lipinski definition) is 1. The van der Waals surface area contributed by atoms with Crippen molar-refractivity contribution < 1.29 is 18.7 Å². The monoisotopic (exact) mass is 246 g/mol. The molecule has 0 aliphatic rings. The van der Waals surface area contributed by atoms with Gasteiger partial charge in [0, 0.05) is 11.8 Å². The van der Waals surface area contributed by atoms with E-state index in [1.54, 1.807) is 6.07 Å². The lowest BCUT2D eigenvalue weighted by molar-refractivity contribution is -0.136. The summed E-state index contributed by atoms with van der Waals surface area (Å²) >= 11 is 5.57. The quantitative estimate of drug-likeness (QED) is 0.887. The number of alkyl halides is 2. The number of hydrogen-bond acceptors (Lipinski definition) is 3. The molecular formula is C9H5ClF2N2O2. The fourth-order valence-corrected chi connectivity index (χ4v) is 1.39. The van der Waals surface area contributed by atoms with Crippen molar-refractivity contribution in [2.24, 2.45) is 0 Å². The molecule has 1 N–H and O–H groups in total. The summed E-state index contributed by atoms with van der Waals surface area (Å²) in [5, 5.41) is 17.1. The van der Waals surface area contributed by atoms with Gasteiger partial charge >= 0.3 is 5.97 Å². The molecule has 1 aromatic rings. The Labute approximate surface area is 94.1 Å². The molecule has 0 saturated heterocycles. The number of carbonyl (C=O) groups is 1. The first-order valence-electron chi connectivity index (χ1n) is 4.04. The first-order chi connectivity index (χ1) is 7.47. The minimum Gasteiger partial charge on any atom is -0.481 e. The summed E-state index contributed by atoms with van der Waals surface area (Å²) in [7, 11) is 0. The summed E-state index contributed by atoms with van der Waals surface area (Å²) in [6, 6.07) is 1.60. The second kappa shape index (κ2) is 4.86. The van der Waals surface area contributed by atoms with Gasteiger partial charge < -0.3 is 5.11 Å². The average molecular weight is 247 g/mol. The maximum atomic E-state index is 12.5. The molecule has 0 fully saturated rings. The van der Waals surface area contributed by atoms with Crippen LogP contribution in [0.15, 0.2) is 6.20 Å². The standard InChI is InChI=1S/C9H5ClF2N2O2/c10-6-3-14-8(9(11)12)4(1-7(15)16)5(6)2-13/h3,9H,1H2,(H,15,16). The molecule has 7 heteroatoms. The number of pyridine rings is 1. The Kier molecular flexibility index (Phi) is 3.74. The highest BCUT2D eigenvalue weighted by Crippen LogP contribution is 2.27. The van der Waals surface area contributed by atoms with Crippen LogP contribution in [0.2, 0.25) is 5.02 Å². The number of nitriles is 1. The van der Waals surface area contributed by atoms with Crippen LogP contribution in [0.25, 0.3) is 0 Å². The van der Waals surface area contributed by atoms with Gasteiger partial charge in [-0.2, -0.15) is 5.26 Å². The van der Waals surface area contributed by atoms with Gasteiger partial charge in [0.1, 0.15) is 11.8 Å². The average Bonchev–Trinajstić information content (AvgIpc) is 2.16. The second-order valence-electron chi connectivity index (χ2n) is 2.83. The summed E-state index contributed by atoms with van der Waals surface area (Å²) in [4.78, 5) is 13.8. The molecule has 0 spiro atoms. The van der Waals surface area contributed by atoms with Crippen molar-refractivity contribution in [3.05, 3.63) is 28.0 Å².